The maximum absolute atomic E-state index is 12.4. The molecule has 0 fully saturated rings. The Morgan fingerprint density at radius 1 is 1.10 bits per heavy atom. The van der Waals surface area contributed by atoms with E-state index in [9.17, 15) is 9.59 Å². The highest BCUT2D eigenvalue weighted by Crippen LogP contribution is 2.21. The third-order valence-corrected chi connectivity index (χ3v) is 6.07. The zero-order valence-electron chi connectivity index (χ0n) is 17.6. The number of anilines is 1. The Labute approximate surface area is 190 Å². The number of halogens is 1. The van der Waals surface area contributed by atoms with Crippen molar-refractivity contribution in [2.24, 2.45) is 0 Å². The summed E-state index contributed by atoms with van der Waals surface area (Å²) in [5.41, 5.74) is 3.14. The van der Waals surface area contributed by atoms with Crippen LogP contribution in [0.2, 0.25) is 5.02 Å². The highest BCUT2D eigenvalue weighted by molar-refractivity contribution is 7.99. The Balaban J connectivity index is 1.58. The van der Waals surface area contributed by atoms with E-state index in [1.54, 1.807) is 12.1 Å². The molecule has 0 aliphatic carbocycles. The molecule has 0 radical (unpaired) electrons. The molecule has 0 spiro atoms. The van der Waals surface area contributed by atoms with Crippen molar-refractivity contribution in [1.29, 1.82) is 0 Å². The minimum atomic E-state index is -0.162. The van der Waals surface area contributed by atoms with Crippen molar-refractivity contribution in [2.75, 3.05) is 11.1 Å². The number of rotatable bonds is 8. The maximum atomic E-state index is 12.4. The van der Waals surface area contributed by atoms with Crippen LogP contribution in [0.25, 0.3) is 0 Å². The molecule has 0 aliphatic heterocycles. The largest absolute Gasteiger partial charge is 0.345 e. The van der Waals surface area contributed by atoms with Gasteiger partial charge in [0, 0.05) is 22.8 Å². The highest BCUT2D eigenvalue weighted by atomic mass is 35.5. The minimum absolute atomic E-state index is 0.158. The summed E-state index contributed by atoms with van der Waals surface area (Å²) in [7, 11) is 0. The minimum Gasteiger partial charge on any atom is -0.345 e. The van der Waals surface area contributed by atoms with Crippen LogP contribution in [-0.4, -0.2) is 32.3 Å². The third-order valence-electron chi connectivity index (χ3n) is 4.69. The van der Waals surface area contributed by atoms with Gasteiger partial charge in [-0.25, -0.2) is 0 Å². The van der Waals surface area contributed by atoms with Gasteiger partial charge in [0.1, 0.15) is 0 Å². The van der Waals surface area contributed by atoms with Crippen molar-refractivity contribution in [3.05, 3.63) is 70.0 Å². The molecule has 1 aromatic heterocycles. The standard InChI is InChI=1S/C22H24ClN5O2S/c1-4-28-19(12-24-21(30)17-8-6-5-7-14(17)2)26-27-22(28)31-13-20(29)25-16-10-9-15(3)18(23)11-16/h5-11H,4,12-13H2,1-3H3,(H,24,30)(H,25,29). The van der Waals surface area contributed by atoms with Crippen molar-refractivity contribution in [3.63, 3.8) is 0 Å². The van der Waals surface area contributed by atoms with E-state index in [-0.39, 0.29) is 24.1 Å². The lowest BCUT2D eigenvalue weighted by atomic mass is 10.1. The van der Waals surface area contributed by atoms with Gasteiger partial charge in [-0.15, -0.1) is 10.2 Å². The van der Waals surface area contributed by atoms with Gasteiger partial charge in [0.2, 0.25) is 5.91 Å². The molecule has 31 heavy (non-hydrogen) atoms. The Hall–Kier alpha value is -2.84. The average Bonchev–Trinajstić information content (AvgIpc) is 3.15. The van der Waals surface area contributed by atoms with Gasteiger partial charge in [-0.1, -0.05) is 47.6 Å². The molecule has 1 heterocycles. The molecule has 9 heteroatoms. The first kappa shape index (κ1) is 22.8. The van der Waals surface area contributed by atoms with Crippen LogP contribution in [0.5, 0.6) is 0 Å². The van der Waals surface area contributed by atoms with Crippen LogP contribution < -0.4 is 10.6 Å². The molecule has 0 bridgehead atoms. The van der Waals surface area contributed by atoms with Gasteiger partial charge in [-0.3, -0.25) is 9.59 Å². The van der Waals surface area contributed by atoms with Gasteiger partial charge in [-0.2, -0.15) is 0 Å². The molecular formula is C22H24ClN5O2S. The summed E-state index contributed by atoms with van der Waals surface area (Å²) >= 11 is 7.40. The van der Waals surface area contributed by atoms with E-state index >= 15 is 0 Å². The molecule has 7 nitrogen and oxygen atoms in total. The third kappa shape index (κ3) is 5.86. The van der Waals surface area contributed by atoms with Crippen LogP contribution in [-0.2, 0) is 17.9 Å². The second-order valence-corrected chi connectivity index (χ2v) is 8.29. The van der Waals surface area contributed by atoms with E-state index in [1.807, 2.05) is 55.7 Å². The number of carbonyl (C=O) groups excluding carboxylic acids is 2. The first-order valence-electron chi connectivity index (χ1n) is 9.83. The van der Waals surface area contributed by atoms with Crippen molar-refractivity contribution in [3.8, 4) is 0 Å². The number of carbonyl (C=O) groups is 2. The molecule has 2 aromatic carbocycles. The molecule has 0 atom stereocenters. The van der Waals surface area contributed by atoms with E-state index in [0.29, 0.717) is 33.8 Å². The summed E-state index contributed by atoms with van der Waals surface area (Å²) < 4.78 is 1.89. The number of nitrogens with zero attached hydrogens (tertiary/aromatic N) is 3. The number of aromatic nitrogens is 3. The average molecular weight is 458 g/mol. The number of thioether (sulfide) groups is 1. The van der Waals surface area contributed by atoms with Gasteiger partial charge in [0.15, 0.2) is 11.0 Å². The Kier molecular flexibility index (Phi) is 7.70. The topological polar surface area (TPSA) is 88.9 Å². The Morgan fingerprint density at radius 3 is 2.58 bits per heavy atom. The first-order chi connectivity index (χ1) is 14.9. The summed E-state index contributed by atoms with van der Waals surface area (Å²) in [6, 6.07) is 12.8. The molecule has 2 amide bonds. The maximum Gasteiger partial charge on any atom is 0.251 e. The lowest BCUT2D eigenvalue weighted by Gasteiger charge is -2.10. The molecule has 0 saturated heterocycles. The van der Waals surface area contributed by atoms with Crippen molar-refractivity contribution in [2.45, 2.75) is 39.0 Å². The number of nitrogens with one attached hydrogen (secondary N) is 2. The van der Waals surface area contributed by atoms with Crippen LogP contribution in [0.3, 0.4) is 0 Å². The quantitative estimate of drug-likeness (QED) is 0.494. The lowest BCUT2D eigenvalue weighted by Crippen LogP contribution is -2.25. The van der Waals surface area contributed by atoms with Crippen LogP contribution >= 0.6 is 23.4 Å². The van der Waals surface area contributed by atoms with E-state index in [4.69, 9.17) is 11.6 Å². The molecule has 3 aromatic rings. The van der Waals surface area contributed by atoms with Gasteiger partial charge in [-0.05, 0) is 50.1 Å². The van der Waals surface area contributed by atoms with E-state index in [1.165, 1.54) is 11.8 Å². The van der Waals surface area contributed by atoms with Crippen LogP contribution in [0.1, 0.15) is 34.2 Å². The van der Waals surface area contributed by atoms with Gasteiger partial charge >= 0.3 is 0 Å². The predicted molar refractivity (Wildman–Crippen MR) is 124 cm³/mol. The number of hydrogen-bond donors (Lipinski definition) is 2. The Morgan fingerprint density at radius 2 is 1.87 bits per heavy atom. The monoisotopic (exact) mass is 457 g/mol. The molecular weight excluding hydrogens is 434 g/mol. The fourth-order valence-electron chi connectivity index (χ4n) is 2.95. The summed E-state index contributed by atoms with van der Waals surface area (Å²) in [6.45, 7) is 6.65. The zero-order chi connectivity index (χ0) is 22.4. The van der Waals surface area contributed by atoms with Gasteiger partial charge in [0.25, 0.3) is 5.91 Å². The molecule has 162 valence electrons. The molecule has 0 aliphatic rings. The molecule has 0 saturated carbocycles. The predicted octanol–water partition coefficient (Wildman–Crippen LogP) is 4.23. The molecule has 2 N–H and O–H groups in total. The Bertz CT molecular complexity index is 1100. The summed E-state index contributed by atoms with van der Waals surface area (Å²) in [6.07, 6.45) is 0. The lowest BCUT2D eigenvalue weighted by molar-refractivity contribution is -0.113. The van der Waals surface area contributed by atoms with Gasteiger partial charge < -0.3 is 15.2 Å². The summed E-state index contributed by atoms with van der Waals surface area (Å²) in [5.74, 6) is 0.496. The fourth-order valence-corrected chi connectivity index (χ4v) is 3.96. The van der Waals surface area contributed by atoms with Crippen molar-refractivity contribution >= 4 is 40.9 Å². The SMILES string of the molecule is CCn1c(CNC(=O)c2ccccc2C)nnc1SCC(=O)Nc1ccc(C)c(Cl)c1. The highest BCUT2D eigenvalue weighted by Gasteiger charge is 2.15. The number of hydrogen-bond acceptors (Lipinski definition) is 5. The van der Waals surface area contributed by atoms with Crippen LogP contribution in [0.4, 0.5) is 5.69 Å². The fraction of sp³-hybridized carbons (Fsp3) is 0.273. The van der Waals surface area contributed by atoms with E-state index < -0.39 is 0 Å². The van der Waals surface area contributed by atoms with Crippen molar-refractivity contribution < 1.29 is 9.59 Å². The number of aryl methyl sites for hydroxylation is 2. The van der Waals surface area contributed by atoms with E-state index in [2.05, 4.69) is 20.8 Å². The van der Waals surface area contributed by atoms with Crippen LogP contribution in [0, 0.1) is 13.8 Å². The molecule has 0 unspecified atom stereocenters. The second kappa shape index (κ2) is 10.5. The first-order valence-corrected chi connectivity index (χ1v) is 11.2. The zero-order valence-corrected chi connectivity index (χ0v) is 19.2. The second-order valence-electron chi connectivity index (χ2n) is 6.94. The number of amides is 2. The van der Waals surface area contributed by atoms with Crippen molar-refractivity contribution in [1.82, 2.24) is 20.1 Å². The smallest absolute Gasteiger partial charge is 0.251 e. The number of benzene rings is 2. The van der Waals surface area contributed by atoms with Gasteiger partial charge in [0.05, 0.1) is 12.3 Å². The normalized spacial score (nSPS) is 10.7. The van der Waals surface area contributed by atoms with Crippen LogP contribution in [0.15, 0.2) is 47.6 Å². The summed E-state index contributed by atoms with van der Waals surface area (Å²) in [4.78, 5) is 24.7. The summed E-state index contributed by atoms with van der Waals surface area (Å²) in [5, 5.41) is 15.3. The van der Waals surface area contributed by atoms with E-state index in [0.717, 1.165) is 11.1 Å². The molecule has 3 rings (SSSR count).